The van der Waals surface area contributed by atoms with E-state index in [9.17, 15) is 4.39 Å². The summed E-state index contributed by atoms with van der Waals surface area (Å²) in [5.41, 5.74) is 6.89. The van der Waals surface area contributed by atoms with Gasteiger partial charge in [-0.15, -0.1) is 0 Å². The fraction of sp³-hybridized carbons (Fsp3) is 0.250. The minimum absolute atomic E-state index is 0.240. The van der Waals surface area contributed by atoms with Gasteiger partial charge in [-0.1, -0.05) is 12.1 Å². The molecule has 3 rings (SSSR count). The molecule has 0 atom stereocenters. The molecule has 0 unspecified atom stereocenters. The maximum absolute atomic E-state index is 13.0. The molecule has 0 aliphatic carbocycles. The Kier molecular flexibility index (Phi) is 2.82. The van der Waals surface area contributed by atoms with Gasteiger partial charge in [0, 0.05) is 18.1 Å². The highest BCUT2D eigenvalue weighted by molar-refractivity contribution is 5.57. The topological polar surface area (TPSA) is 44.5 Å². The third-order valence-corrected chi connectivity index (χ3v) is 3.25. The summed E-state index contributed by atoms with van der Waals surface area (Å²) in [7, 11) is 0. The van der Waals surface area contributed by atoms with E-state index in [1.54, 1.807) is 0 Å². The smallest absolute Gasteiger partial charge is 0.169 e. The lowest BCUT2D eigenvalue weighted by Crippen LogP contribution is -2.24. The molecule has 1 aliphatic heterocycles. The van der Waals surface area contributed by atoms with E-state index in [2.05, 4.69) is 0 Å². The number of halogens is 1. The van der Waals surface area contributed by atoms with Gasteiger partial charge in [-0.05, 0) is 32.0 Å². The van der Waals surface area contributed by atoms with Gasteiger partial charge in [0.05, 0.1) is 5.69 Å². The molecule has 0 spiro atoms. The summed E-state index contributed by atoms with van der Waals surface area (Å²) >= 11 is 0. The third kappa shape index (κ3) is 2.29. The van der Waals surface area contributed by atoms with E-state index in [-0.39, 0.29) is 17.1 Å². The van der Waals surface area contributed by atoms with Gasteiger partial charge in [0.25, 0.3) is 0 Å². The molecule has 0 aromatic heterocycles. The number of ether oxygens (including phenoxy) is 2. The monoisotopic (exact) mass is 273 g/mol. The Morgan fingerprint density at radius 2 is 2.00 bits per heavy atom. The molecule has 104 valence electrons. The molecule has 2 aromatic carbocycles. The van der Waals surface area contributed by atoms with Crippen molar-refractivity contribution >= 4 is 5.69 Å². The molecule has 4 heteroatoms. The van der Waals surface area contributed by atoms with Crippen molar-refractivity contribution in [1.29, 1.82) is 0 Å². The maximum Gasteiger partial charge on any atom is 0.169 e. The van der Waals surface area contributed by atoms with Crippen molar-refractivity contribution in [2.75, 3.05) is 5.73 Å². The van der Waals surface area contributed by atoms with Crippen molar-refractivity contribution in [3.8, 4) is 17.2 Å². The lowest BCUT2D eigenvalue weighted by molar-refractivity contribution is 0.135. The molecule has 3 nitrogen and oxygen atoms in total. The van der Waals surface area contributed by atoms with Crippen molar-refractivity contribution in [3.05, 3.63) is 47.8 Å². The second kappa shape index (κ2) is 4.40. The van der Waals surface area contributed by atoms with Gasteiger partial charge in [-0.3, -0.25) is 0 Å². The zero-order valence-corrected chi connectivity index (χ0v) is 11.4. The predicted molar refractivity (Wildman–Crippen MR) is 75.7 cm³/mol. The van der Waals surface area contributed by atoms with Crippen LogP contribution in [0.4, 0.5) is 10.1 Å². The van der Waals surface area contributed by atoms with Crippen molar-refractivity contribution in [2.45, 2.75) is 25.9 Å². The molecule has 0 fully saturated rings. The molecule has 1 aliphatic rings. The number of nitrogens with two attached hydrogens (primary N) is 1. The normalized spacial score (nSPS) is 15.6. The van der Waals surface area contributed by atoms with E-state index in [0.717, 1.165) is 17.7 Å². The van der Waals surface area contributed by atoms with E-state index in [1.807, 2.05) is 32.0 Å². The summed E-state index contributed by atoms with van der Waals surface area (Å²) in [4.78, 5) is 0. The van der Waals surface area contributed by atoms with E-state index in [4.69, 9.17) is 15.2 Å². The van der Waals surface area contributed by atoms with Crippen LogP contribution in [0.3, 0.4) is 0 Å². The second-order valence-electron chi connectivity index (χ2n) is 5.57. The van der Waals surface area contributed by atoms with Crippen LogP contribution < -0.4 is 15.2 Å². The van der Waals surface area contributed by atoms with Crippen molar-refractivity contribution in [3.63, 3.8) is 0 Å². The van der Waals surface area contributed by atoms with Gasteiger partial charge in [-0.25, -0.2) is 4.39 Å². The van der Waals surface area contributed by atoms with E-state index in [1.165, 1.54) is 18.2 Å². The number of hydrogen-bond donors (Lipinski definition) is 1. The van der Waals surface area contributed by atoms with Crippen LogP contribution in [0.1, 0.15) is 19.4 Å². The second-order valence-corrected chi connectivity index (χ2v) is 5.57. The van der Waals surface area contributed by atoms with Gasteiger partial charge in [-0.2, -0.15) is 0 Å². The van der Waals surface area contributed by atoms with Crippen LogP contribution in [-0.4, -0.2) is 5.60 Å². The zero-order valence-electron chi connectivity index (χ0n) is 11.4. The highest BCUT2D eigenvalue weighted by atomic mass is 19.1. The molecule has 20 heavy (non-hydrogen) atoms. The van der Waals surface area contributed by atoms with E-state index >= 15 is 0 Å². The Balaban J connectivity index is 1.95. The lowest BCUT2D eigenvalue weighted by atomic mass is 10.0. The largest absolute Gasteiger partial charge is 0.483 e. The first-order chi connectivity index (χ1) is 9.44. The Labute approximate surface area is 117 Å². The van der Waals surface area contributed by atoms with Crippen LogP contribution in [0.25, 0.3) is 0 Å². The fourth-order valence-corrected chi connectivity index (χ4v) is 2.40. The third-order valence-electron chi connectivity index (χ3n) is 3.25. The van der Waals surface area contributed by atoms with Crippen molar-refractivity contribution < 1.29 is 13.9 Å². The van der Waals surface area contributed by atoms with Crippen LogP contribution >= 0.6 is 0 Å². The molecular weight excluding hydrogens is 257 g/mol. The number of anilines is 1. The molecule has 2 aromatic rings. The first-order valence-corrected chi connectivity index (χ1v) is 6.48. The molecule has 1 heterocycles. The molecule has 0 bridgehead atoms. The minimum Gasteiger partial charge on any atom is -0.483 e. The fourth-order valence-electron chi connectivity index (χ4n) is 2.40. The average molecular weight is 273 g/mol. The van der Waals surface area contributed by atoms with Crippen LogP contribution in [0.2, 0.25) is 0 Å². The molecule has 0 amide bonds. The summed E-state index contributed by atoms with van der Waals surface area (Å²) in [6.45, 7) is 4.06. The van der Waals surface area contributed by atoms with Gasteiger partial charge >= 0.3 is 0 Å². The summed E-state index contributed by atoms with van der Waals surface area (Å²) in [6, 6.07) is 9.83. The van der Waals surface area contributed by atoms with E-state index < -0.39 is 0 Å². The predicted octanol–water partition coefficient (Wildman–Crippen LogP) is 3.91. The number of para-hydroxylation sites is 1. The molecule has 0 radical (unpaired) electrons. The summed E-state index contributed by atoms with van der Waals surface area (Å²) < 4.78 is 24.8. The average Bonchev–Trinajstić information content (AvgIpc) is 2.67. The zero-order chi connectivity index (χ0) is 14.3. The van der Waals surface area contributed by atoms with Crippen molar-refractivity contribution in [1.82, 2.24) is 0 Å². The van der Waals surface area contributed by atoms with Crippen LogP contribution in [-0.2, 0) is 6.42 Å². The number of nitrogen functional groups attached to an aromatic ring is 1. The number of benzene rings is 2. The van der Waals surface area contributed by atoms with Gasteiger partial charge < -0.3 is 15.2 Å². The summed E-state index contributed by atoms with van der Waals surface area (Å²) in [5, 5.41) is 0. The summed E-state index contributed by atoms with van der Waals surface area (Å²) in [5.74, 6) is 1.38. The Morgan fingerprint density at radius 3 is 2.75 bits per heavy atom. The first-order valence-electron chi connectivity index (χ1n) is 6.48. The highest BCUT2D eigenvalue weighted by Gasteiger charge is 2.32. The first kappa shape index (κ1) is 12.8. The number of rotatable bonds is 2. The SMILES string of the molecule is CC1(C)Cc2cccc(Oc3ccc(F)cc3N)c2O1. The van der Waals surface area contributed by atoms with Crippen LogP contribution in [0, 0.1) is 5.82 Å². The highest BCUT2D eigenvalue weighted by Crippen LogP contribution is 2.44. The quantitative estimate of drug-likeness (QED) is 0.844. The van der Waals surface area contributed by atoms with Gasteiger partial charge in [0.1, 0.15) is 11.4 Å². The number of fused-ring (bicyclic) bond motifs is 1. The van der Waals surface area contributed by atoms with Crippen LogP contribution in [0.5, 0.6) is 17.2 Å². The number of hydrogen-bond acceptors (Lipinski definition) is 3. The Bertz CT molecular complexity index is 668. The Morgan fingerprint density at radius 1 is 1.20 bits per heavy atom. The maximum atomic E-state index is 13.0. The molecule has 2 N–H and O–H groups in total. The van der Waals surface area contributed by atoms with E-state index in [0.29, 0.717) is 11.5 Å². The van der Waals surface area contributed by atoms with Crippen molar-refractivity contribution in [2.24, 2.45) is 0 Å². The van der Waals surface area contributed by atoms with Gasteiger partial charge in [0.15, 0.2) is 17.2 Å². The molecule has 0 saturated carbocycles. The molecule has 0 saturated heterocycles. The van der Waals surface area contributed by atoms with Gasteiger partial charge in [0.2, 0.25) is 0 Å². The Hall–Kier alpha value is -2.23. The summed E-state index contributed by atoms with van der Waals surface area (Å²) in [6.07, 6.45) is 0.832. The lowest BCUT2D eigenvalue weighted by Gasteiger charge is -2.18. The molecular formula is C16H16FNO2. The van der Waals surface area contributed by atoms with Crippen LogP contribution in [0.15, 0.2) is 36.4 Å². The standard InChI is InChI=1S/C16H16FNO2/c1-16(2)9-10-4-3-5-14(15(10)20-16)19-13-7-6-11(17)8-12(13)18/h3-8H,9,18H2,1-2H3. The minimum atomic E-state index is -0.384.